The Morgan fingerprint density at radius 2 is 2.06 bits per heavy atom. The van der Waals surface area contributed by atoms with Gasteiger partial charge in [-0.25, -0.2) is 4.99 Å². The van der Waals surface area contributed by atoms with Gasteiger partial charge in [-0.15, -0.1) is 0 Å². The minimum absolute atomic E-state index is 0.0618. The summed E-state index contributed by atoms with van der Waals surface area (Å²) in [6.07, 6.45) is 1.79. The summed E-state index contributed by atoms with van der Waals surface area (Å²) in [4.78, 5) is 17.5. The molecule has 16 heavy (non-hydrogen) atoms. The first-order chi connectivity index (χ1) is 7.59. The molecule has 2 rings (SSSR count). The second kappa shape index (κ2) is 4.22. The van der Waals surface area contributed by atoms with E-state index < -0.39 is 0 Å². The number of nitrogens with zero attached hydrogens (tertiary/aromatic N) is 2. The zero-order valence-electron chi connectivity index (χ0n) is 9.07. The molecule has 0 saturated carbocycles. The summed E-state index contributed by atoms with van der Waals surface area (Å²) < 4.78 is 0.956. The number of aliphatic imine (C=N–C) groups is 1. The minimum Gasteiger partial charge on any atom is -0.298 e. The van der Waals surface area contributed by atoms with E-state index >= 15 is 0 Å². The molecule has 0 radical (unpaired) electrons. The molecule has 1 aliphatic rings. The van der Waals surface area contributed by atoms with Gasteiger partial charge in [0, 0.05) is 11.5 Å². The largest absolute Gasteiger partial charge is 0.298 e. The Morgan fingerprint density at radius 1 is 1.38 bits per heavy atom. The van der Waals surface area contributed by atoms with Crippen molar-refractivity contribution in [3.63, 3.8) is 0 Å². The van der Waals surface area contributed by atoms with Gasteiger partial charge in [0.2, 0.25) is 0 Å². The lowest BCUT2D eigenvalue weighted by Crippen LogP contribution is -2.25. The Morgan fingerprint density at radius 3 is 2.62 bits per heavy atom. The second-order valence-corrected chi connectivity index (χ2v) is 4.43. The van der Waals surface area contributed by atoms with Gasteiger partial charge in [0.25, 0.3) is 5.91 Å². The molecule has 0 spiro atoms. The van der Waals surface area contributed by atoms with Crippen LogP contribution in [0.25, 0.3) is 6.08 Å². The van der Waals surface area contributed by atoms with E-state index in [9.17, 15) is 4.79 Å². The average Bonchev–Trinajstić information content (AvgIpc) is 2.50. The zero-order chi connectivity index (χ0) is 11.7. The van der Waals surface area contributed by atoms with Crippen LogP contribution in [0.1, 0.15) is 12.5 Å². The number of amides is 1. The van der Waals surface area contributed by atoms with Crippen molar-refractivity contribution >= 4 is 33.7 Å². The van der Waals surface area contributed by atoms with Gasteiger partial charge in [-0.3, -0.25) is 9.69 Å². The van der Waals surface area contributed by atoms with Gasteiger partial charge in [-0.1, -0.05) is 34.1 Å². The molecule has 0 N–H and O–H groups in total. The highest BCUT2D eigenvalue weighted by Crippen LogP contribution is 2.22. The molecule has 0 fully saturated rings. The molecule has 0 bridgehead atoms. The van der Waals surface area contributed by atoms with Gasteiger partial charge in [-0.2, -0.15) is 0 Å². The molecule has 1 heterocycles. The number of benzene rings is 1. The standard InChI is InChI=1S/C12H11BrN2O/c1-8-14-11(12(16)15(8)2)7-9-5-3-4-6-10(9)13/h3-7H,1-2H3/b11-7-. The van der Waals surface area contributed by atoms with Crippen molar-refractivity contribution in [1.82, 2.24) is 4.90 Å². The number of likely N-dealkylation sites (N-methyl/N-ethyl adjacent to an activating group) is 1. The Hall–Kier alpha value is -1.42. The molecule has 82 valence electrons. The third kappa shape index (κ3) is 1.93. The third-order valence-corrected chi connectivity index (χ3v) is 3.21. The fourth-order valence-corrected chi connectivity index (χ4v) is 1.85. The van der Waals surface area contributed by atoms with Crippen LogP contribution >= 0.6 is 15.9 Å². The van der Waals surface area contributed by atoms with Crippen molar-refractivity contribution in [2.24, 2.45) is 4.99 Å². The van der Waals surface area contributed by atoms with Crippen LogP contribution in [-0.4, -0.2) is 23.7 Å². The summed E-state index contributed by atoms with van der Waals surface area (Å²) in [7, 11) is 1.72. The molecule has 3 nitrogen and oxygen atoms in total. The van der Waals surface area contributed by atoms with Crippen molar-refractivity contribution in [2.75, 3.05) is 7.05 Å². The Bertz CT molecular complexity index is 505. The molecule has 1 aromatic rings. The molecular formula is C12H11BrN2O. The summed E-state index contributed by atoms with van der Waals surface area (Å²) in [5.74, 6) is 0.663. The normalized spacial score (nSPS) is 18.2. The molecule has 1 aromatic carbocycles. The van der Waals surface area contributed by atoms with Crippen LogP contribution in [-0.2, 0) is 4.79 Å². The highest BCUT2D eigenvalue weighted by molar-refractivity contribution is 9.10. The van der Waals surface area contributed by atoms with Gasteiger partial charge in [-0.05, 0) is 24.6 Å². The molecule has 0 saturated heterocycles. The first-order valence-electron chi connectivity index (χ1n) is 4.89. The summed E-state index contributed by atoms with van der Waals surface area (Å²) in [6.45, 7) is 1.82. The Balaban J connectivity index is 2.41. The molecule has 0 aliphatic carbocycles. The van der Waals surface area contributed by atoms with Crippen molar-refractivity contribution < 1.29 is 4.79 Å². The van der Waals surface area contributed by atoms with Crippen molar-refractivity contribution in [1.29, 1.82) is 0 Å². The molecule has 0 unspecified atom stereocenters. The lowest BCUT2D eigenvalue weighted by atomic mass is 10.2. The maximum absolute atomic E-state index is 11.8. The van der Waals surface area contributed by atoms with Crippen molar-refractivity contribution in [3.8, 4) is 0 Å². The molecule has 1 aliphatic heterocycles. The summed E-state index contributed by atoms with van der Waals surface area (Å²) in [6, 6.07) is 7.74. The van der Waals surface area contributed by atoms with Crippen LogP contribution < -0.4 is 0 Å². The van der Waals surface area contributed by atoms with Gasteiger partial charge in [0.15, 0.2) is 0 Å². The number of carbonyl (C=O) groups is 1. The SMILES string of the molecule is CC1=N/C(=C\c2ccccc2Br)C(=O)N1C. The number of hydrogen-bond donors (Lipinski definition) is 0. The van der Waals surface area contributed by atoms with Crippen molar-refractivity contribution in [2.45, 2.75) is 6.92 Å². The van der Waals surface area contributed by atoms with E-state index in [1.807, 2.05) is 31.2 Å². The highest BCUT2D eigenvalue weighted by atomic mass is 79.9. The van der Waals surface area contributed by atoms with Gasteiger partial charge < -0.3 is 0 Å². The Labute approximate surface area is 103 Å². The summed E-state index contributed by atoms with van der Waals surface area (Å²) in [5, 5.41) is 0. The first kappa shape index (κ1) is 11.1. The topological polar surface area (TPSA) is 32.7 Å². The van der Waals surface area contributed by atoms with E-state index in [4.69, 9.17) is 0 Å². The predicted octanol–water partition coefficient (Wildman–Crippen LogP) is 2.68. The second-order valence-electron chi connectivity index (χ2n) is 3.57. The molecule has 4 heteroatoms. The minimum atomic E-state index is -0.0618. The molecule has 1 amide bonds. The molecular weight excluding hydrogens is 268 g/mol. The summed E-state index contributed by atoms with van der Waals surface area (Å²) in [5.41, 5.74) is 1.43. The van der Waals surface area contributed by atoms with Crippen LogP contribution in [0.3, 0.4) is 0 Å². The van der Waals surface area contributed by atoms with E-state index in [2.05, 4.69) is 20.9 Å². The maximum Gasteiger partial charge on any atom is 0.277 e. The zero-order valence-corrected chi connectivity index (χ0v) is 10.7. The van der Waals surface area contributed by atoms with Crippen LogP contribution in [0.4, 0.5) is 0 Å². The maximum atomic E-state index is 11.8. The fraction of sp³-hybridized carbons (Fsp3) is 0.167. The van der Waals surface area contributed by atoms with E-state index in [-0.39, 0.29) is 5.91 Å². The number of hydrogen-bond acceptors (Lipinski definition) is 2. The predicted molar refractivity (Wildman–Crippen MR) is 68.0 cm³/mol. The lowest BCUT2D eigenvalue weighted by molar-refractivity contribution is -0.121. The van der Waals surface area contributed by atoms with Crippen LogP contribution in [0, 0.1) is 0 Å². The highest BCUT2D eigenvalue weighted by Gasteiger charge is 2.23. The van der Waals surface area contributed by atoms with E-state index in [1.165, 1.54) is 0 Å². The lowest BCUT2D eigenvalue weighted by Gasteiger charge is -2.06. The van der Waals surface area contributed by atoms with Crippen molar-refractivity contribution in [3.05, 3.63) is 40.0 Å². The van der Waals surface area contributed by atoms with E-state index in [0.29, 0.717) is 5.70 Å². The fourth-order valence-electron chi connectivity index (χ4n) is 1.45. The smallest absolute Gasteiger partial charge is 0.277 e. The van der Waals surface area contributed by atoms with Gasteiger partial charge in [0.1, 0.15) is 11.5 Å². The van der Waals surface area contributed by atoms with Gasteiger partial charge in [0.05, 0.1) is 0 Å². The number of amidine groups is 1. The van der Waals surface area contributed by atoms with Crippen LogP contribution in [0.15, 0.2) is 39.4 Å². The molecule has 0 aromatic heterocycles. The number of carbonyl (C=O) groups excluding carboxylic acids is 1. The monoisotopic (exact) mass is 278 g/mol. The quantitative estimate of drug-likeness (QED) is 0.727. The van der Waals surface area contributed by atoms with Gasteiger partial charge >= 0.3 is 0 Å². The summed E-state index contributed by atoms with van der Waals surface area (Å²) >= 11 is 3.44. The number of rotatable bonds is 1. The average molecular weight is 279 g/mol. The Kier molecular flexibility index (Phi) is 2.92. The third-order valence-electron chi connectivity index (χ3n) is 2.49. The van der Waals surface area contributed by atoms with Crippen LogP contribution in [0.2, 0.25) is 0 Å². The van der Waals surface area contributed by atoms with Crippen LogP contribution in [0.5, 0.6) is 0 Å². The first-order valence-corrected chi connectivity index (χ1v) is 5.68. The van der Waals surface area contributed by atoms with E-state index in [1.54, 1.807) is 18.0 Å². The van der Waals surface area contributed by atoms with E-state index in [0.717, 1.165) is 15.9 Å². The molecule has 0 atom stereocenters. The number of halogens is 1.